The van der Waals surface area contributed by atoms with Gasteiger partial charge in [-0.05, 0) is 29.7 Å². The van der Waals surface area contributed by atoms with Gasteiger partial charge in [-0.1, -0.05) is 66.9 Å². The van der Waals surface area contributed by atoms with Gasteiger partial charge in [-0.2, -0.15) is 0 Å². The summed E-state index contributed by atoms with van der Waals surface area (Å²) in [6.45, 7) is 1.68. The Hall–Kier alpha value is -2.28. The first kappa shape index (κ1) is 18.1. The fourth-order valence-electron chi connectivity index (χ4n) is 2.23. The molecule has 0 amide bonds. The van der Waals surface area contributed by atoms with Crippen LogP contribution < -0.4 is 0 Å². The predicted octanol–water partition coefficient (Wildman–Crippen LogP) is 4.40. The van der Waals surface area contributed by atoms with Crippen LogP contribution in [0, 0.1) is 12.3 Å². The van der Waals surface area contributed by atoms with Crippen molar-refractivity contribution < 1.29 is 14.3 Å². The van der Waals surface area contributed by atoms with E-state index in [-0.39, 0.29) is 12.7 Å². The molecule has 0 aromatic heterocycles. The van der Waals surface area contributed by atoms with Crippen LogP contribution in [-0.2, 0) is 14.3 Å². The number of benzene rings is 2. The predicted molar refractivity (Wildman–Crippen MR) is 94.7 cm³/mol. The average molecular weight is 343 g/mol. The number of ether oxygens (including phenoxy) is 2. The van der Waals surface area contributed by atoms with E-state index in [1.807, 2.05) is 49.4 Å². The third kappa shape index (κ3) is 5.13. The minimum absolute atomic E-state index is 0.180. The van der Waals surface area contributed by atoms with Crippen molar-refractivity contribution in [3.8, 4) is 12.3 Å². The van der Waals surface area contributed by atoms with E-state index in [1.54, 1.807) is 12.1 Å². The number of halogens is 1. The maximum absolute atomic E-state index is 11.9. The van der Waals surface area contributed by atoms with Crippen molar-refractivity contribution in [3.63, 3.8) is 0 Å². The Morgan fingerprint density at radius 1 is 1.12 bits per heavy atom. The zero-order chi connectivity index (χ0) is 17.4. The molecule has 0 bridgehead atoms. The molecule has 2 aromatic rings. The van der Waals surface area contributed by atoms with Crippen LogP contribution in [0.5, 0.6) is 0 Å². The van der Waals surface area contributed by atoms with Gasteiger partial charge < -0.3 is 9.47 Å². The largest absolute Gasteiger partial charge is 0.447 e. The Bertz CT molecular complexity index is 689. The zero-order valence-corrected chi connectivity index (χ0v) is 14.2. The van der Waals surface area contributed by atoms with Crippen molar-refractivity contribution in [2.45, 2.75) is 25.6 Å². The Morgan fingerprint density at radius 2 is 1.75 bits per heavy atom. The molecule has 2 atom stereocenters. The summed E-state index contributed by atoms with van der Waals surface area (Å²) in [5, 5.41) is 0.643. The van der Waals surface area contributed by atoms with Crippen LogP contribution in [0.2, 0.25) is 5.02 Å². The number of carbonyl (C=O) groups excluding carboxylic acids is 1. The molecule has 0 aliphatic rings. The highest BCUT2D eigenvalue weighted by atomic mass is 35.5. The summed E-state index contributed by atoms with van der Waals surface area (Å²) in [6, 6.07) is 17.0. The van der Waals surface area contributed by atoms with E-state index in [9.17, 15) is 4.79 Å². The number of hydrogen-bond acceptors (Lipinski definition) is 3. The van der Waals surface area contributed by atoms with Gasteiger partial charge >= 0.3 is 5.97 Å². The summed E-state index contributed by atoms with van der Waals surface area (Å²) in [7, 11) is 0. The third-order valence-electron chi connectivity index (χ3n) is 3.47. The summed E-state index contributed by atoms with van der Waals surface area (Å²) >= 11 is 5.95. The number of rotatable bonds is 7. The highest BCUT2D eigenvalue weighted by Crippen LogP contribution is 2.27. The molecule has 0 saturated carbocycles. The SMILES string of the molecule is C#CC(CC)OC(=O)COC(c1ccccc1)c1ccc(Cl)cc1. The Kier molecular flexibility index (Phi) is 6.87. The average Bonchev–Trinajstić information content (AvgIpc) is 2.62. The number of terminal acetylenes is 1. The first-order chi connectivity index (χ1) is 11.6. The highest BCUT2D eigenvalue weighted by molar-refractivity contribution is 6.30. The number of hydrogen-bond donors (Lipinski definition) is 0. The highest BCUT2D eigenvalue weighted by Gasteiger charge is 2.18. The van der Waals surface area contributed by atoms with Crippen LogP contribution in [0.15, 0.2) is 54.6 Å². The molecule has 4 heteroatoms. The molecule has 0 heterocycles. The van der Waals surface area contributed by atoms with Crippen LogP contribution >= 0.6 is 11.6 Å². The fraction of sp³-hybridized carbons (Fsp3) is 0.250. The molecule has 2 aromatic carbocycles. The Morgan fingerprint density at radius 3 is 2.33 bits per heavy atom. The van der Waals surface area contributed by atoms with Crippen molar-refractivity contribution in [2.75, 3.05) is 6.61 Å². The van der Waals surface area contributed by atoms with Gasteiger partial charge in [0.15, 0.2) is 6.10 Å². The lowest BCUT2D eigenvalue weighted by Crippen LogP contribution is -2.21. The molecule has 2 unspecified atom stereocenters. The first-order valence-electron chi connectivity index (χ1n) is 7.71. The monoisotopic (exact) mass is 342 g/mol. The molecule has 2 rings (SSSR count). The molecule has 0 N–H and O–H groups in total. The van der Waals surface area contributed by atoms with E-state index >= 15 is 0 Å². The second-order valence-corrected chi connectivity index (χ2v) is 5.64. The van der Waals surface area contributed by atoms with Gasteiger partial charge in [0, 0.05) is 5.02 Å². The van der Waals surface area contributed by atoms with Crippen LogP contribution in [0.25, 0.3) is 0 Å². The molecule has 24 heavy (non-hydrogen) atoms. The summed E-state index contributed by atoms with van der Waals surface area (Å²) in [5.74, 6) is 1.95. The lowest BCUT2D eigenvalue weighted by Gasteiger charge is -2.19. The van der Waals surface area contributed by atoms with Gasteiger partial charge in [-0.25, -0.2) is 4.79 Å². The summed E-state index contributed by atoms with van der Waals surface area (Å²) < 4.78 is 11.0. The lowest BCUT2D eigenvalue weighted by molar-refractivity contribution is -0.153. The van der Waals surface area contributed by atoms with E-state index < -0.39 is 12.1 Å². The van der Waals surface area contributed by atoms with Crippen molar-refractivity contribution in [1.82, 2.24) is 0 Å². The minimum atomic E-state index is -0.521. The topological polar surface area (TPSA) is 35.5 Å². The maximum Gasteiger partial charge on any atom is 0.333 e. The molecule has 0 aliphatic carbocycles. The normalized spacial score (nSPS) is 12.9. The lowest BCUT2D eigenvalue weighted by atomic mass is 10.0. The van der Waals surface area contributed by atoms with Gasteiger partial charge in [0.2, 0.25) is 0 Å². The second-order valence-electron chi connectivity index (χ2n) is 5.21. The van der Waals surface area contributed by atoms with Gasteiger partial charge in [0.25, 0.3) is 0 Å². The smallest absolute Gasteiger partial charge is 0.333 e. The van der Waals surface area contributed by atoms with E-state index in [1.165, 1.54) is 0 Å². The van der Waals surface area contributed by atoms with E-state index in [0.29, 0.717) is 11.4 Å². The van der Waals surface area contributed by atoms with E-state index in [4.69, 9.17) is 27.5 Å². The zero-order valence-electron chi connectivity index (χ0n) is 13.4. The molecule has 0 fully saturated rings. The molecule has 3 nitrogen and oxygen atoms in total. The van der Waals surface area contributed by atoms with Crippen molar-refractivity contribution in [2.24, 2.45) is 0 Å². The van der Waals surface area contributed by atoms with Crippen molar-refractivity contribution in [3.05, 3.63) is 70.7 Å². The molecular formula is C20H19ClO3. The van der Waals surface area contributed by atoms with Crippen LogP contribution in [0.3, 0.4) is 0 Å². The summed E-state index contributed by atoms with van der Waals surface area (Å²) in [6.07, 6.45) is 4.97. The molecule has 0 radical (unpaired) electrons. The molecule has 0 saturated heterocycles. The number of carbonyl (C=O) groups is 1. The van der Waals surface area contributed by atoms with E-state index in [2.05, 4.69) is 5.92 Å². The van der Waals surface area contributed by atoms with Crippen LogP contribution in [0.1, 0.15) is 30.6 Å². The molecule has 124 valence electrons. The van der Waals surface area contributed by atoms with Crippen LogP contribution in [0.4, 0.5) is 0 Å². The summed E-state index contributed by atoms with van der Waals surface area (Å²) in [5.41, 5.74) is 1.85. The molecule has 0 spiro atoms. The van der Waals surface area contributed by atoms with E-state index in [0.717, 1.165) is 11.1 Å². The maximum atomic E-state index is 11.9. The van der Waals surface area contributed by atoms with Gasteiger partial charge in [-0.3, -0.25) is 0 Å². The fourth-order valence-corrected chi connectivity index (χ4v) is 2.36. The quantitative estimate of drug-likeness (QED) is 0.552. The second kappa shape index (κ2) is 9.12. The Labute approximate surface area is 147 Å². The van der Waals surface area contributed by atoms with Gasteiger partial charge in [-0.15, -0.1) is 6.42 Å². The summed E-state index contributed by atoms with van der Waals surface area (Å²) in [4.78, 5) is 11.9. The molecule has 0 aliphatic heterocycles. The third-order valence-corrected chi connectivity index (χ3v) is 3.73. The standard InChI is InChI=1S/C20H19ClO3/c1-3-18(4-2)24-19(22)14-23-20(15-8-6-5-7-9-15)16-10-12-17(21)13-11-16/h1,5-13,18,20H,4,14H2,2H3. The Balaban J connectivity index is 2.11. The van der Waals surface area contributed by atoms with Gasteiger partial charge in [0.1, 0.15) is 12.7 Å². The first-order valence-corrected chi connectivity index (χ1v) is 8.09. The van der Waals surface area contributed by atoms with Crippen LogP contribution in [-0.4, -0.2) is 18.7 Å². The minimum Gasteiger partial charge on any atom is -0.447 e. The van der Waals surface area contributed by atoms with Crippen molar-refractivity contribution in [1.29, 1.82) is 0 Å². The van der Waals surface area contributed by atoms with Crippen molar-refractivity contribution >= 4 is 17.6 Å². The number of esters is 1. The van der Waals surface area contributed by atoms with Gasteiger partial charge in [0.05, 0.1) is 0 Å². The molecular weight excluding hydrogens is 324 g/mol.